The maximum absolute atomic E-state index is 13.1. The van der Waals surface area contributed by atoms with Crippen molar-refractivity contribution in [1.82, 2.24) is 10.2 Å². The predicted octanol–water partition coefficient (Wildman–Crippen LogP) is 3.68. The van der Waals surface area contributed by atoms with Crippen LogP contribution in [0, 0.1) is 0 Å². The fourth-order valence-corrected chi connectivity index (χ4v) is 4.14. The summed E-state index contributed by atoms with van der Waals surface area (Å²) in [5.41, 5.74) is -0.457. The van der Waals surface area contributed by atoms with Crippen molar-refractivity contribution in [3.8, 4) is 0 Å². The van der Waals surface area contributed by atoms with Crippen LogP contribution in [-0.2, 0) is 11.6 Å². The average Bonchev–Trinajstić information content (AvgIpc) is 3.09. The molecule has 1 aromatic carbocycles. The van der Waals surface area contributed by atoms with E-state index in [4.69, 9.17) is 0 Å². The minimum absolute atomic E-state index is 0.248. The Labute approximate surface area is 151 Å². The van der Waals surface area contributed by atoms with E-state index in [1.165, 1.54) is 12.1 Å². The Bertz CT molecular complexity index is 642. The average molecular weight is 370 g/mol. The molecule has 0 radical (unpaired) electrons. The Balaban J connectivity index is 1.73. The number of benzene rings is 1. The van der Waals surface area contributed by atoms with Crippen molar-refractivity contribution in [2.24, 2.45) is 0 Å². The third-order valence-corrected chi connectivity index (χ3v) is 5.62. The number of halogens is 3. The number of aliphatic hydroxyl groups excluding tert-OH is 1. The summed E-state index contributed by atoms with van der Waals surface area (Å²) in [6.07, 6.45) is -0.0235. The Hall–Kier alpha value is -1.76. The molecule has 2 amide bonds. The molecule has 0 aromatic heterocycles. The predicted molar refractivity (Wildman–Crippen MR) is 91.8 cm³/mol. The Morgan fingerprint density at radius 1 is 1.27 bits per heavy atom. The van der Waals surface area contributed by atoms with E-state index in [2.05, 4.69) is 5.32 Å². The molecule has 1 atom stereocenters. The first kappa shape index (κ1) is 19.0. The van der Waals surface area contributed by atoms with E-state index in [0.29, 0.717) is 31.6 Å². The first-order chi connectivity index (χ1) is 12.3. The molecule has 1 saturated carbocycles. The molecule has 1 heterocycles. The molecule has 1 aromatic rings. The number of β-amino-alcohol motifs (C(OH)–C–C–N with tert-alkyl or cyclic N) is 1. The molecule has 0 bridgehead atoms. The molecule has 1 aliphatic carbocycles. The van der Waals surface area contributed by atoms with Crippen molar-refractivity contribution >= 4 is 6.03 Å². The highest BCUT2D eigenvalue weighted by Crippen LogP contribution is 2.42. The zero-order chi connectivity index (χ0) is 18.8. The highest BCUT2D eigenvalue weighted by molar-refractivity contribution is 5.74. The summed E-state index contributed by atoms with van der Waals surface area (Å²) in [6.45, 7) is 1.22. The van der Waals surface area contributed by atoms with Crippen LogP contribution in [0.15, 0.2) is 24.3 Å². The van der Waals surface area contributed by atoms with E-state index in [9.17, 15) is 23.1 Å². The Morgan fingerprint density at radius 3 is 2.65 bits per heavy atom. The van der Waals surface area contributed by atoms with Gasteiger partial charge in [-0.25, -0.2) is 4.79 Å². The van der Waals surface area contributed by atoms with Crippen LogP contribution in [0.5, 0.6) is 0 Å². The standard InChI is InChI=1S/C19H25F3N2O2/c20-19(21,22)15-6-3-5-14(11-15)18(8-1-2-9-18)13-23-17(26)24-10-4-7-16(25)12-24/h3,5-6,11,16,25H,1-2,4,7-10,12-13H2,(H,23,26). The van der Waals surface area contributed by atoms with E-state index < -0.39 is 23.3 Å². The Morgan fingerprint density at radius 2 is 2.00 bits per heavy atom. The van der Waals surface area contributed by atoms with Gasteiger partial charge in [-0.2, -0.15) is 13.2 Å². The first-order valence-corrected chi connectivity index (χ1v) is 9.19. The van der Waals surface area contributed by atoms with Crippen molar-refractivity contribution in [2.75, 3.05) is 19.6 Å². The molecule has 2 fully saturated rings. The highest BCUT2D eigenvalue weighted by Gasteiger charge is 2.38. The molecule has 4 nitrogen and oxygen atoms in total. The maximum atomic E-state index is 13.1. The van der Waals surface area contributed by atoms with Crippen molar-refractivity contribution in [2.45, 2.75) is 56.2 Å². The van der Waals surface area contributed by atoms with Gasteiger partial charge >= 0.3 is 12.2 Å². The SMILES string of the molecule is O=C(NCC1(c2cccc(C(F)(F)F)c2)CCCC1)N1CCCC(O)C1. The number of aliphatic hydroxyl groups is 1. The number of piperidine rings is 1. The number of nitrogens with zero attached hydrogens (tertiary/aromatic N) is 1. The van der Waals surface area contributed by atoms with Crippen LogP contribution in [0.4, 0.5) is 18.0 Å². The summed E-state index contributed by atoms with van der Waals surface area (Å²) < 4.78 is 39.2. The molecule has 2 aliphatic rings. The number of amides is 2. The lowest BCUT2D eigenvalue weighted by Gasteiger charge is -2.34. The lowest BCUT2D eigenvalue weighted by molar-refractivity contribution is -0.137. The largest absolute Gasteiger partial charge is 0.416 e. The molecule has 0 spiro atoms. The van der Waals surface area contributed by atoms with Gasteiger partial charge < -0.3 is 15.3 Å². The minimum Gasteiger partial charge on any atom is -0.391 e. The van der Waals surface area contributed by atoms with E-state index in [1.54, 1.807) is 11.0 Å². The van der Waals surface area contributed by atoms with E-state index in [0.717, 1.165) is 38.2 Å². The summed E-state index contributed by atoms with van der Waals surface area (Å²) in [5.74, 6) is 0. The van der Waals surface area contributed by atoms with Crippen molar-refractivity contribution < 1.29 is 23.1 Å². The number of rotatable bonds is 3. The molecule has 26 heavy (non-hydrogen) atoms. The number of urea groups is 1. The number of likely N-dealkylation sites (tertiary alicyclic amines) is 1. The van der Waals surface area contributed by atoms with Crippen LogP contribution in [0.3, 0.4) is 0 Å². The van der Waals surface area contributed by atoms with E-state index in [1.807, 2.05) is 0 Å². The second kappa shape index (κ2) is 7.47. The first-order valence-electron chi connectivity index (χ1n) is 9.19. The van der Waals surface area contributed by atoms with Crippen LogP contribution < -0.4 is 5.32 Å². The zero-order valence-electron chi connectivity index (χ0n) is 14.7. The van der Waals surface area contributed by atoms with Gasteiger partial charge in [-0.15, -0.1) is 0 Å². The topological polar surface area (TPSA) is 52.6 Å². The second-order valence-electron chi connectivity index (χ2n) is 7.47. The molecular weight excluding hydrogens is 345 g/mol. The minimum atomic E-state index is -4.37. The third-order valence-electron chi connectivity index (χ3n) is 5.62. The number of alkyl halides is 3. The molecule has 144 valence electrons. The number of carbonyl (C=O) groups excluding carboxylic acids is 1. The molecule has 1 unspecified atom stereocenters. The number of carbonyl (C=O) groups is 1. The number of hydrogen-bond acceptors (Lipinski definition) is 2. The van der Waals surface area contributed by atoms with Gasteiger partial charge in [0.2, 0.25) is 0 Å². The Kier molecular flexibility index (Phi) is 5.46. The molecule has 3 rings (SSSR count). The summed E-state index contributed by atoms with van der Waals surface area (Å²) in [6, 6.07) is 5.24. The van der Waals surface area contributed by atoms with Crippen LogP contribution >= 0.6 is 0 Å². The summed E-state index contributed by atoms with van der Waals surface area (Å²) >= 11 is 0. The van der Waals surface area contributed by atoms with Gasteiger partial charge in [0.25, 0.3) is 0 Å². The second-order valence-corrected chi connectivity index (χ2v) is 7.47. The normalized spacial score (nSPS) is 23.1. The van der Waals surface area contributed by atoms with E-state index >= 15 is 0 Å². The monoisotopic (exact) mass is 370 g/mol. The lowest BCUT2D eigenvalue weighted by Crippen LogP contribution is -2.50. The van der Waals surface area contributed by atoms with Gasteiger partial charge in [-0.05, 0) is 37.3 Å². The van der Waals surface area contributed by atoms with Crippen LogP contribution in [0.2, 0.25) is 0 Å². The van der Waals surface area contributed by atoms with Crippen LogP contribution in [0.1, 0.15) is 49.7 Å². The molecule has 7 heteroatoms. The highest BCUT2D eigenvalue weighted by atomic mass is 19.4. The van der Waals surface area contributed by atoms with Crippen molar-refractivity contribution in [3.05, 3.63) is 35.4 Å². The molecular formula is C19H25F3N2O2. The fourth-order valence-electron chi connectivity index (χ4n) is 4.14. The maximum Gasteiger partial charge on any atom is 0.416 e. The zero-order valence-corrected chi connectivity index (χ0v) is 14.7. The summed E-state index contributed by atoms with van der Waals surface area (Å²) in [5, 5.41) is 12.6. The van der Waals surface area contributed by atoms with Gasteiger partial charge in [0.15, 0.2) is 0 Å². The van der Waals surface area contributed by atoms with Crippen molar-refractivity contribution in [1.29, 1.82) is 0 Å². The summed E-state index contributed by atoms with van der Waals surface area (Å²) in [4.78, 5) is 14.0. The van der Waals surface area contributed by atoms with Crippen molar-refractivity contribution in [3.63, 3.8) is 0 Å². The molecule has 2 N–H and O–H groups in total. The van der Waals surface area contributed by atoms with Crippen LogP contribution in [0.25, 0.3) is 0 Å². The number of nitrogens with one attached hydrogen (secondary N) is 1. The molecule has 1 aliphatic heterocycles. The van der Waals surface area contributed by atoms with Gasteiger partial charge in [0, 0.05) is 25.0 Å². The number of hydrogen-bond donors (Lipinski definition) is 2. The lowest BCUT2D eigenvalue weighted by atomic mass is 9.78. The van der Waals surface area contributed by atoms with Gasteiger partial charge in [-0.1, -0.05) is 31.0 Å². The van der Waals surface area contributed by atoms with E-state index in [-0.39, 0.29) is 6.03 Å². The fraction of sp³-hybridized carbons (Fsp3) is 0.632. The quantitative estimate of drug-likeness (QED) is 0.853. The molecule has 1 saturated heterocycles. The smallest absolute Gasteiger partial charge is 0.391 e. The van der Waals surface area contributed by atoms with Gasteiger partial charge in [-0.3, -0.25) is 0 Å². The summed E-state index contributed by atoms with van der Waals surface area (Å²) in [7, 11) is 0. The third kappa shape index (κ3) is 4.14. The van der Waals surface area contributed by atoms with Gasteiger partial charge in [0.1, 0.15) is 0 Å². The van der Waals surface area contributed by atoms with Gasteiger partial charge in [0.05, 0.1) is 11.7 Å². The van der Waals surface area contributed by atoms with Crippen LogP contribution in [-0.4, -0.2) is 41.8 Å².